The van der Waals surface area contributed by atoms with Crippen molar-refractivity contribution in [2.75, 3.05) is 0 Å². The van der Waals surface area contributed by atoms with Crippen LogP contribution in [0.4, 0.5) is 4.39 Å². The number of carbonyl (C=O) groups is 1. The lowest BCUT2D eigenvalue weighted by Gasteiger charge is -2.11. The van der Waals surface area contributed by atoms with Crippen LogP contribution in [0.25, 0.3) is 10.8 Å². The number of nitrogens with two attached hydrogens (primary N) is 1. The first kappa shape index (κ1) is 11.6. The molecule has 1 aliphatic carbocycles. The Morgan fingerprint density at radius 3 is 2.78 bits per heavy atom. The van der Waals surface area contributed by atoms with E-state index in [4.69, 9.17) is 5.73 Å². The lowest BCUT2D eigenvalue weighted by Crippen LogP contribution is -2.31. The lowest BCUT2D eigenvalue weighted by molar-refractivity contribution is -0.120. The highest BCUT2D eigenvalue weighted by Gasteiger charge is 2.62. The molecule has 1 heterocycles. The Morgan fingerprint density at radius 1 is 1.44 bits per heavy atom. The van der Waals surface area contributed by atoms with E-state index in [0.29, 0.717) is 5.69 Å². The molecule has 2 atom stereocenters. The molecule has 1 aromatic carbocycles. The summed E-state index contributed by atoms with van der Waals surface area (Å²) in [6.07, 6.45) is 0.568. The fourth-order valence-corrected chi connectivity index (χ4v) is 2.61. The van der Waals surface area contributed by atoms with Crippen LogP contribution >= 0.6 is 15.9 Å². The van der Waals surface area contributed by atoms with Crippen molar-refractivity contribution in [2.24, 2.45) is 5.73 Å². The van der Waals surface area contributed by atoms with Crippen LogP contribution in [0.5, 0.6) is 0 Å². The molecule has 2 unspecified atom stereocenters. The summed E-state index contributed by atoms with van der Waals surface area (Å²) >= 11 is 3.37. The summed E-state index contributed by atoms with van der Waals surface area (Å²) < 4.78 is 14.4. The van der Waals surface area contributed by atoms with Gasteiger partial charge in [-0.1, -0.05) is 22.0 Å². The number of rotatable bonds is 2. The van der Waals surface area contributed by atoms with Gasteiger partial charge in [-0.25, -0.2) is 4.39 Å². The zero-order chi connectivity index (χ0) is 12.9. The second-order valence-corrected chi connectivity index (χ2v) is 5.48. The first-order valence-electron chi connectivity index (χ1n) is 5.54. The molecule has 18 heavy (non-hydrogen) atoms. The number of aromatic nitrogens is 1. The van der Waals surface area contributed by atoms with E-state index in [0.717, 1.165) is 15.2 Å². The first-order valence-corrected chi connectivity index (χ1v) is 6.33. The minimum atomic E-state index is -1.21. The molecule has 1 amide bonds. The van der Waals surface area contributed by atoms with Crippen molar-refractivity contribution in [3.63, 3.8) is 0 Å². The molecule has 2 N–H and O–H groups in total. The van der Waals surface area contributed by atoms with Crippen molar-refractivity contribution in [3.05, 3.63) is 40.6 Å². The molecular formula is C13H10BrFN2O. The number of carbonyl (C=O) groups excluding carboxylic acids is 1. The van der Waals surface area contributed by atoms with Crippen LogP contribution in [0.3, 0.4) is 0 Å². The van der Waals surface area contributed by atoms with Gasteiger partial charge in [-0.2, -0.15) is 0 Å². The molecule has 0 saturated heterocycles. The molecule has 3 nitrogen and oxygen atoms in total. The minimum Gasteiger partial charge on any atom is -0.369 e. The standard InChI is InChI=1S/C13H10BrFN2O/c14-9-2-1-7-4-11(17-6-8(7)3-9)13(12(16)18)5-10(13)15/h1-4,6,10H,5H2,(H2,16,18). The number of benzene rings is 1. The topological polar surface area (TPSA) is 56.0 Å². The zero-order valence-corrected chi connectivity index (χ0v) is 10.9. The SMILES string of the molecule is NC(=O)C1(c2cc3ccc(Br)cc3cn2)CC1F. The van der Waals surface area contributed by atoms with Crippen LogP contribution in [-0.2, 0) is 10.2 Å². The summed E-state index contributed by atoms with van der Waals surface area (Å²) in [5.41, 5.74) is 4.52. The van der Waals surface area contributed by atoms with E-state index in [2.05, 4.69) is 20.9 Å². The van der Waals surface area contributed by atoms with Crippen LogP contribution in [0.15, 0.2) is 34.9 Å². The number of nitrogens with zero attached hydrogens (tertiary/aromatic N) is 1. The highest BCUT2D eigenvalue weighted by Crippen LogP contribution is 2.50. The van der Waals surface area contributed by atoms with Crippen molar-refractivity contribution in [3.8, 4) is 0 Å². The van der Waals surface area contributed by atoms with E-state index in [1.807, 2.05) is 18.2 Å². The Labute approximate surface area is 111 Å². The van der Waals surface area contributed by atoms with Crippen molar-refractivity contribution >= 4 is 32.6 Å². The molecule has 0 bridgehead atoms. The fourth-order valence-electron chi connectivity index (χ4n) is 2.23. The van der Waals surface area contributed by atoms with E-state index >= 15 is 0 Å². The maximum Gasteiger partial charge on any atom is 0.232 e. The van der Waals surface area contributed by atoms with Crippen molar-refractivity contribution in [1.29, 1.82) is 0 Å². The monoisotopic (exact) mass is 308 g/mol. The lowest BCUT2D eigenvalue weighted by atomic mass is 9.99. The van der Waals surface area contributed by atoms with Crippen molar-refractivity contribution in [2.45, 2.75) is 18.0 Å². The van der Waals surface area contributed by atoms with E-state index in [9.17, 15) is 9.18 Å². The van der Waals surface area contributed by atoms with E-state index in [1.54, 1.807) is 12.3 Å². The number of amides is 1. The van der Waals surface area contributed by atoms with Gasteiger partial charge in [-0.05, 0) is 23.6 Å². The molecule has 1 fully saturated rings. The maximum absolute atomic E-state index is 13.5. The Hall–Kier alpha value is -1.49. The maximum atomic E-state index is 13.5. The van der Waals surface area contributed by atoms with Gasteiger partial charge >= 0.3 is 0 Å². The summed E-state index contributed by atoms with van der Waals surface area (Å²) in [4.78, 5) is 15.6. The van der Waals surface area contributed by atoms with Gasteiger partial charge in [0.05, 0.1) is 5.69 Å². The summed E-state index contributed by atoms with van der Waals surface area (Å²) in [5, 5.41) is 1.85. The predicted molar refractivity (Wildman–Crippen MR) is 69.8 cm³/mol. The number of pyridine rings is 1. The van der Waals surface area contributed by atoms with Gasteiger partial charge in [0.25, 0.3) is 0 Å². The molecule has 3 rings (SSSR count). The summed E-state index contributed by atoms with van der Waals surface area (Å²) in [6.45, 7) is 0. The van der Waals surface area contributed by atoms with Gasteiger partial charge in [0, 0.05) is 22.5 Å². The van der Waals surface area contributed by atoms with Gasteiger partial charge in [-0.3, -0.25) is 9.78 Å². The normalized spacial score (nSPS) is 26.2. The summed E-state index contributed by atoms with van der Waals surface area (Å²) in [5.74, 6) is -0.640. The van der Waals surface area contributed by atoms with Crippen molar-refractivity contribution in [1.82, 2.24) is 4.98 Å². The third kappa shape index (κ3) is 1.54. The van der Waals surface area contributed by atoms with Gasteiger partial charge < -0.3 is 5.73 Å². The van der Waals surface area contributed by atoms with Crippen LogP contribution in [0.1, 0.15) is 12.1 Å². The molecule has 92 valence electrons. The van der Waals surface area contributed by atoms with Gasteiger partial charge in [0.1, 0.15) is 11.6 Å². The number of fused-ring (bicyclic) bond motifs is 1. The molecule has 1 saturated carbocycles. The number of halogens is 2. The highest BCUT2D eigenvalue weighted by atomic mass is 79.9. The van der Waals surface area contributed by atoms with Crippen LogP contribution in [0, 0.1) is 0 Å². The molecule has 0 radical (unpaired) electrons. The number of primary amides is 1. The number of alkyl halides is 1. The molecule has 0 aliphatic heterocycles. The van der Waals surface area contributed by atoms with Crippen LogP contribution in [-0.4, -0.2) is 17.1 Å². The third-order valence-electron chi connectivity index (χ3n) is 3.46. The number of hydrogen-bond donors (Lipinski definition) is 1. The Kier molecular flexibility index (Phi) is 2.41. The second kappa shape index (κ2) is 3.75. The molecule has 5 heteroatoms. The smallest absolute Gasteiger partial charge is 0.232 e. The van der Waals surface area contributed by atoms with Crippen LogP contribution < -0.4 is 5.73 Å². The van der Waals surface area contributed by atoms with Gasteiger partial charge in [0.2, 0.25) is 5.91 Å². The predicted octanol–water partition coefficient (Wildman–Crippen LogP) is 2.46. The van der Waals surface area contributed by atoms with Gasteiger partial charge in [-0.15, -0.1) is 0 Å². The average Bonchev–Trinajstić information content (AvgIpc) is 3.02. The largest absolute Gasteiger partial charge is 0.369 e. The average molecular weight is 309 g/mol. The Balaban J connectivity index is 2.15. The molecule has 0 spiro atoms. The molecular weight excluding hydrogens is 299 g/mol. The quantitative estimate of drug-likeness (QED) is 0.926. The minimum absolute atomic E-state index is 0.136. The van der Waals surface area contributed by atoms with Gasteiger partial charge in [0.15, 0.2) is 0 Å². The van der Waals surface area contributed by atoms with E-state index in [1.165, 1.54) is 0 Å². The second-order valence-electron chi connectivity index (χ2n) is 4.57. The zero-order valence-electron chi connectivity index (χ0n) is 9.36. The van der Waals surface area contributed by atoms with Crippen LogP contribution in [0.2, 0.25) is 0 Å². The fraction of sp³-hybridized carbons (Fsp3) is 0.231. The number of hydrogen-bond acceptors (Lipinski definition) is 2. The molecule has 1 aliphatic rings. The highest BCUT2D eigenvalue weighted by molar-refractivity contribution is 9.10. The first-order chi connectivity index (χ1) is 8.54. The molecule has 2 aromatic rings. The third-order valence-corrected chi connectivity index (χ3v) is 3.95. The Bertz CT molecular complexity index is 660. The summed E-state index contributed by atoms with van der Waals surface area (Å²) in [6, 6.07) is 7.45. The van der Waals surface area contributed by atoms with E-state index in [-0.39, 0.29) is 6.42 Å². The summed E-state index contributed by atoms with van der Waals surface area (Å²) in [7, 11) is 0. The molecule has 1 aromatic heterocycles. The van der Waals surface area contributed by atoms with Crippen molar-refractivity contribution < 1.29 is 9.18 Å². The Morgan fingerprint density at radius 2 is 2.17 bits per heavy atom. The van der Waals surface area contributed by atoms with E-state index < -0.39 is 17.5 Å².